The summed E-state index contributed by atoms with van der Waals surface area (Å²) in [4.78, 5) is 37.5. The predicted molar refractivity (Wildman–Crippen MR) is 117 cm³/mol. The van der Waals surface area contributed by atoms with Gasteiger partial charge < -0.3 is 14.8 Å². The minimum Gasteiger partial charge on any atom is -0.465 e. The molecule has 0 fully saturated rings. The van der Waals surface area contributed by atoms with E-state index in [9.17, 15) is 14.4 Å². The van der Waals surface area contributed by atoms with Crippen LogP contribution in [0.4, 0.5) is 4.79 Å². The van der Waals surface area contributed by atoms with E-state index >= 15 is 0 Å². The Morgan fingerprint density at radius 1 is 1.03 bits per heavy atom. The predicted octanol–water partition coefficient (Wildman–Crippen LogP) is 4.47. The first kappa shape index (κ1) is 22.0. The summed E-state index contributed by atoms with van der Waals surface area (Å²) in [7, 11) is 1.28. The van der Waals surface area contributed by atoms with Crippen LogP contribution < -0.4 is 5.32 Å². The van der Waals surface area contributed by atoms with Crippen LogP contribution in [0.3, 0.4) is 0 Å². The second-order valence-corrected chi connectivity index (χ2v) is 7.24. The number of carbonyl (C=O) groups excluding carboxylic acids is 3. The normalized spacial score (nSPS) is 15.7. The minimum absolute atomic E-state index is 0.108. The molecule has 1 N–H and O–H groups in total. The zero-order valence-corrected chi connectivity index (χ0v) is 17.3. The number of allylic oxidation sites excluding steroid dienone is 4. The molecule has 0 heterocycles. The number of alkyl carbamates (subject to hydrolysis) is 1. The molecule has 0 radical (unpaired) electrons. The summed E-state index contributed by atoms with van der Waals surface area (Å²) >= 11 is 0. The Morgan fingerprint density at radius 2 is 1.81 bits per heavy atom. The maximum atomic E-state index is 13.2. The first-order valence-electron chi connectivity index (χ1n) is 10.1. The Balaban J connectivity index is 1.73. The lowest BCUT2D eigenvalue weighted by Gasteiger charge is -2.22. The van der Waals surface area contributed by atoms with Gasteiger partial charge in [-0.2, -0.15) is 0 Å². The van der Waals surface area contributed by atoms with Crippen LogP contribution in [0.5, 0.6) is 0 Å². The van der Waals surface area contributed by atoms with Crippen LogP contribution in [0.15, 0.2) is 78.9 Å². The minimum atomic E-state index is -0.794. The molecule has 6 heteroatoms. The van der Waals surface area contributed by atoms with Crippen molar-refractivity contribution in [2.75, 3.05) is 7.11 Å². The van der Waals surface area contributed by atoms with Gasteiger partial charge in [0.05, 0.1) is 18.7 Å². The van der Waals surface area contributed by atoms with Gasteiger partial charge in [-0.3, -0.25) is 4.79 Å². The Morgan fingerprint density at radius 3 is 2.52 bits per heavy atom. The van der Waals surface area contributed by atoms with Crippen molar-refractivity contribution in [2.45, 2.75) is 25.5 Å². The van der Waals surface area contributed by atoms with Crippen LogP contribution in [0, 0.1) is 5.92 Å². The fraction of sp³-hybridized carbons (Fsp3) is 0.240. The molecule has 0 saturated carbocycles. The lowest BCUT2D eigenvalue weighted by Crippen LogP contribution is -2.42. The molecule has 31 heavy (non-hydrogen) atoms. The molecule has 160 valence electrons. The smallest absolute Gasteiger partial charge is 0.408 e. The van der Waals surface area contributed by atoms with Gasteiger partial charge in [0, 0.05) is 5.56 Å². The van der Waals surface area contributed by atoms with Gasteiger partial charge >= 0.3 is 12.1 Å². The topological polar surface area (TPSA) is 81.7 Å². The van der Waals surface area contributed by atoms with Crippen LogP contribution in [0.1, 0.15) is 39.1 Å². The third-order valence-corrected chi connectivity index (χ3v) is 5.00. The van der Waals surface area contributed by atoms with E-state index in [2.05, 4.69) is 5.32 Å². The number of methoxy groups -OCH3 is 1. The van der Waals surface area contributed by atoms with E-state index in [1.807, 2.05) is 54.6 Å². The summed E-state index contributed by atoms with van der Waals surface area (Å²) in [5.41, 5.74) is 1.46. The van der Waals surface area contributed by atoms with Gasteiger partial charge in [-0.25, -0.2) is 9.59 Å². The van der Waals surface area contributed by atoms with Crippen LogP contribution in [0.25, 0.3) is 0 Å². The molecule has 0 aromatic heterocycles. The SMILES string of the molecule is COC(=O)c1cccc(C(=O)C(CC2C=CC=CC2)NC(=O)OCc2ccccc2)c1. The Kier molecular flexibility index (Phi) is 7.76. The van der Waals surface area contributed by atoms with E-state index in [1.54, 1.807) is 18.2 Å². The van der Waals surface area contributed by atoms with Gasteiger partial charge in [0.2, 0.25) is 0 Å². The summed E-state index contributed by atoms with van der Waals surface area (Å²) in [6.45, 7) is 0.109. The number of esters is 1. The molecule has 2 unspecified atom stereocenters. The molecule has 1 amide bonds. The summed E-state index contributed by atoms with van der Waals surface area (Å²) < 4.78 is 10.0. The molecule has 0 bridgehead atoms. The number of carbonyl (C=O) groups is 3. The molecule has 0 spiro atoms. The van der Waals surface area contributed by atoms with Crippen LogP contribution in [0.2, 0.25) is 0 Å². The number of hydrogen-bond donors (Lipinski definition) is 1. The van der Waals surface area contributed by atoms with Crippen molar-refractivity contribution in [1.29, 1.82) is 0 Å². The highest BCUT2D eigenvalue weighted by molar-refractivity contribution is 6.03. The third-order valence-electron chi connectivity index (χ3n) is 5.00. The van der Waals surface area contributed by atoms with Crippen molar-refractivity contribution in [3.8, 4) is 0 Å². The lowest BCUT2D eigenvalue weighted by molar-refractivity contribution is 0.0600. The van der Waals surface area contributed by atoms with Gasteiger partial charge in [-0.05, 0) is 36.5 Å². The number of Topliss-reactive ketones (excluding diaryl/α,β-unsaturated/α-hetero) is 1. The van der Waals surface area contributed by atoms with Crippen LogP contribution in [-0.4, -0.2) is 31.0 Å². The van der Waals surface area contributed by atoms with Crippen molar-refractivity contribution in [2.24, 2.45) is 5.92 Å². The molecule has 1 aliphatic rings. The molecule has 3 rings (SSSR count). The number of ether oxygens (including phenoxy) is 2. The number of rotatable bonds is 8. The summed E-state index contributed by atoms with van der Waals surface area (Å²) in [5, 5.41) is 2.71. The van der Waals surface area contributed by atoms with Gasteiger partial charge in [-0.15, -0.1) is 0 Å². The fourth-order valence-electron chi connectivity index (χ4n) is 3.37. The van der Waals surface area contributed by atoms with Gasteiger partial charge in [-0.1, -0.05) is 66.8 Å². The highest BCUT2D eigenvalue weighted by atomic mass is 16.5. The standard InChI is InChI=1S/C25H25NO5/c1-30-24(28)21-14-8-13-20(16-21)23(27)22(15-18-9-4-2-5-10-18)26-25(29)31-17-19-11-6-3-7-12-19/h2-9,11-14,16,18,22H,10,15,17H2,1H3,(H,26,29). The number of nitrogens with one attached hydrogen (secondary N) is 1. The van der Waals surface area contributed by atoms with Gasteiger partial charge in [0.25, 0.3) is 0 Å². The van der Waals surface area contributed by atoms with Gasteiger partial charge in [0.1, 0.15) is 6.61 Å². The van der Waals surface area contributed by atoms with E-state index in [4.69, 9.17) is 9.47 Å². The lowest BCUT2D eigenvalue weighted by atomic mass is 9.89. The zero-order valence-electron chi connectivity index (χ0n) is 17.3. The fourth-order valence-corrected chi connectivity index (χ4v) is 3.37. The van der Waals surface area contributed by atoms with E-state index in [1.165, 1.54) is 13.2 Å². The maximum absolute atomic E-state index is 13.2. The van der Waals surface area contributed by atoms with Crippen molar-refractivity contribution >= 4 is 17.8 Å². The molecule has 2 atom stereocenters. The summed E-state index contributed by atoms with van der Waals surface area (Å²) in [5.74, 6) is -0.704. The molecule has 0 saturated heterocycles. The highest BCUT2D eigenvalue weighted by Crippen LogP contribution is 2.20. The molecule has 0 aliphatic heterocycles. The van der Waals surface area contributed by atoms with E-state index in [-0.39, 0.29) is 23.9 Å². The number of ketones is 1. The average molecular weight is 419 g/mol. The number of hydrogen-bond acceptors (Lipinski definition) is 5. The van der Waals surface area contributed by atoms with Crippen molar-refractivity contribution in [1.82, 2.24) is 5.32 Å². The molecule has 1 aliphatic carbocycles. The molecule has 6 nitrogen and oxygen atoms in total. The van der Waals surface area contributed by atoms with Crippen LogP contribution >= 0.6 is 0 Å². The number of benzene rings is 2. The highest BCUT2D eigenvalue weighted by Gasteiger charge is 2.26. The second kappa shape index (κ2) is 10.9. The molecular formula is C25H25NO5. The van der Waals surface area contributed by atoms with E-state index in [0.717, 1.165) is 12.0 Å². The summed E-state index contributed by atoms with van der Waals surface area (Å²) in [6.07, 6.45) is 8.46. The monoisotopic (exact) mass is 419 g/mol. The second-order valence-electron chi connectivity index (χ2n) is 7.24. The molecular weight excluding hydrogens is 394 g/mol. The number of amides is 1. The van der Waals surface area contributed by atoms with Crippen molar-refractivity contribution < 1.29 is 23.9 Å². The van der Waals surface area contributed by atoms with Crippen molar-refractivity contribution in [3.05, 3.63) is 95.6 Å². The maximum Gasteiger partial charge on any atom is 0.408 e. The van der Waals surface area contributed by atoms with Crippen molar-refractivity contribution in [3.63, 3.8) is 0 Å². The van der Waals surface area contributed by atoms with Gasteiger partial charge in [0.15, 0.2) is 5.78 Å². The summed E-state index contributed by atoms with van der Waals surface area (Å²) in [6, 6.07) is 14.8. The largest absolute Gasteiger partial charge is 0.465 e. The Bertz CT molecular complexity index is 980. The molecule has 2 aromatic rings. The third kappa shape index (κ3) is 6.40. The zero-order chi connectivity index (χ0) is 22.1. The van der Waals surface area contributed by atoms with Crippen LogP contribution in [-0.2, 0) is 16.1 Å². The first-order chi connectivity index (χ1) is 15.1. The first-order valence-corrected chi connectivity index (χ1v) is 10.1. The average Bonchev–Trinajstić information content (AvgIpc) is 2.82. The van der Waals surface area contributed by atoms with E-state index in [0.29, 0.717) is 12.0 Å². The molecule has 2 aromatic carbocycles. The Labute approximate surface area is 181 Å². The Hall–Kier alpha value is -3.67. The van der Waals surface area contributed by atoms with E-state index < -0.39 is 18.1 Å². The quantitative estimate of drug-likeness (QED) is 0.504.